The normalized spacial score (nSPS) is 17.2. The number of carbonyl (C=O) groups excluding carboxylic acids is 1. The number of aromatic nitrogens is 3. The first-order chi connectivity index (χ1) is 13.4. The van der Waals surface area contributed by atoms with Crippen LogP contribution in [0, 0.1) is 5.92 Å². The van der Waals surface area contributed by atoms with Crippen molar-refractivity contribution in [1.82, 2.24) is 24.8 Å². The van der Waals surface area contributed by atoms with Crippen molar-refractivity contribution in [3.63, 3.8) is 0 Å². The lowest BCUT2D eigenvalue weighted by molar-refractivity contribution is 0.0944. The lowest BCUT2D eigenvalue weighted by atomic mass is 10.0. The van der Waals surface area contributed by atoms with Crippen LogP contribution in [0.4, 0.5) is 5.82 Å². The van der Waals surface area contributed by atoms with E-state index in [-0.39, 0.29) is 29.2 Å². The molecule has 9 nitrogen and oxygen atoms in total. The highest BCUT2D eigenvalue weighted by Crippen LogP contribution is 2.32. The number of nitrogens with one attached hydrogen (secondary N) is 2. The lowest BCUT2D eigenvalue weighted by Gasteiger charge is -2.19. The van der Waals surface area contributed by atoms with Crippen molar-refractivity contribution < 1.29 is 9.90 Å². The van der Waals surface area contributed by atoms with Gasteiger partial charge in [-0.1, -0.05) is 19.9 Å². The standard InChI is InChI=1S/C19H26N6O3/c1-10(2)9-24-17-13(11-5-7-21-8-6-11)15(20)23-25(17)19(28)14(18(24)27)16(26)22-12-3-4-12/h5,10,12,21,27H,3-4,6-9H2,1-2H3,(H2,20,23)(H,22,26). The molecule has 1 aliphatic heterocycles. The van der Waals surface area contributed by atoms with Gasteiger partial charge in [0.15, 0.2) is 17.0 Å². The van der Waals surface area contributed by atoms with Gasteiger partial charge >= 0.3 is 0 Å². The Morgan fingerprint density at radius 2 is 2.21 bits per heavy atom. The molecule has 0 saturated heterocycles. The highest BCUT2D eigenvalue weighted by molar-refractivity contribution is 5.97. The van der Waals surface area contributed by atoms with Gasteiger partial charge in [0.25, 0.3) is 11.5 Å². The highest BCUT2D eigenvalue weighted by atomic mass is 16.3. The summed E-state index contributed by atoms with van der Waals surface area (Å²) in [5.74, 6) is -0.509. The molecule has 9 heteroatoms. The number of rotatable bonds is 5. The molecule has 1 amide bonds. The molecule has 0 unspecified atom stereocenters. The second-order valence-corrected chi connectivity index (χ2v) is 7.94. The van der Waals surface area contributed by atoms with Gasteiger partial charge in [0.2, 0.25) is 5.88 Å². The fourth-order valence-electron chi connectivity index (χ4n) is 3.63. The minimum Gasteiger partial charge on any atom is -0.494 e. The van der Waals surface area contributed by atoms with Gasteiger partial charge in [-0.3, -0.25) is 14.2 Å². The summed E-state index contributed by atoms with van der Waals surface area (Å²) in [6, 6.07) is 0.0682. The van der Waals surface area contributed by atoms with Gasteiger partial charge in [-0.15, -0.1) is 5.10 Å². The molecule has 3 heterocycles. The zero-order valence-electron chi connectivity index (χ0n) is 16.2. The average Bonchev–Trinajstić information content (AvgIpc) is 3.39. The molecule has 0 atom stereocenters. The fraction of sp³-hybridized carbons (Fsp3) is 0.526. The number of hydrogen-bond acceptors (Lipinski definition) is 6. The number of nitrogens with two attached hydrogens (primary N) is 1. The molecule has 0 radical (unpaired) electrons. The second kappa shape index (κ2) is 6.97. The number of nitrogens with zero attached hydrogens (tertiary/aromatic N) is 3. The maximum atomic E-state index is 13.1. The molecule has 0 aromatic carbocycles. The van der Waals surface area contributed by atoms with E-state index in [0.717, 1.165) is 35.9 Å². The second-order valence-electron chi connectivity index (χ2n) is 7.94. The summed E-state index contributed by atoms with van der Waals surface area (Å²) in [4.78, 5) is 25.7. The number of amides is 1. The first-order valence-electron chi connectivity index (χ1n) is 9.73. The van der Waals surface area contributed by atoms with Gasteiger partial charge in [-0.2, -0.15) is 4.52 Å². The molecule has 2 aliphatic rings. The Morgan fingerprint density at radius 1 is 1.46 bits per heavy atom. The maximum absolute atomic E-state index is 13.1. The van der Waals surface area contributed by atoms with E-state index in [1.807, 2.05) is 19.9 Å². The third-order valence-corrected chi connectivity index (χ3v) is 5.10. The highest BCUT2D eigenvalue weighted by Gasteiger charge is 2.31. The molecule has 5 N–H and O–H groups in total. The van der Waals surface area contributed by atoms with E-state index in [9.17, 15) is 14.7 Å². The van der Waals surface area contributed by atoms with E-state index < -0.39 is 11.5 Å². The predicted molar refractivity (Wildman–Crippen MR) is 106 cm³/mol. The Balaban J connectivity index is 1.98. The molecule has 28 heavy (non-hydrogen) atoms. The molecule has 0 bridgehead atoms. The van der Waals surface area contributed by atoms with E-state index in [1.165, 1.54) is 0 Å². The summed E-state index contributed by atoms with van der Waals surface area (Å²) >= 11 is 0. The molecular formula is C19H26N6O3. The average molecular weight is 386 g/mol. The molecule has 4 rings (SSSR count). The van der Waals surface area contributed by atoms with Crippen LogP contribution in [0.15, 0.2) is 10.9 Å². The number of anilines is 1. The summed E-state index contributed by atoms with van der Waals surface area (Å²) in [6.45, 7) is 5.92. The molecule has 2 aromatic heterocycles. The van der Waals surface area contributed by atoms with Crippen LogP contribution in [0.25, 0.3) is 11.2 Å². The third-order valence-electron chi connectivity index (χ3n) is 5.10. The molecule has 0 spiro atoms. The number of nitrogen functional groups attached to an aromatic ring is 1. The monoisotopic (exact) mass is 386 g/mol. The number of aromatic hydroxyl groups is 1. The molecule has 150 valence electrons. The summed E-state index contributed by atoms with van der Waals surface area (Å²) in [6.07, 6.45) is 4.53. The molecular weight excluding hydrogens is 360 g/mol. The van der Waals surface area contributed by atoms with Crippen molar-refractivity contribution in [2.45, 2.75) is 45.7 Å². The van der Waals surface area contributed by atoms with Crippen molar-refractivity contribution in [2.75, 3.05) is 18.8 Å². The number of hydrogen-bond donors (Lipinski definition) is 4. The topological polar surface area (TPSA) is 127 Å². The smallest absolute Gasteiger partial charge is 0.291 e. The van der Waals surface area contributed by atoms with Gasteiger partial charge < -0.3 is 21.5 Å². The van der Waals surface area contributed by atoms with E-state index >= 15 is 0 Å². The quantitative estimate of drug-likeness (QED) is 0.599. The SMILES string of the molecule is CC(C)Cn1c(O)c(C(=O)NC2CC2)c(=O)n2nc(N)c(C3=CCNCC3)c12. The summed E-state index contributed by atoms with van der Waals surface area (Å²) in [5, 5.41) is 21.2. The molecule has 1 saturated carbocycles. The van der Waals surface area contributed by atoms with Crippen LogP contribution in [0.3, 0.4) is 0 Å². The minimum atomic E-state index is -0.654. The molecule has 1 aliphatic carbocycles. The Labute approximate surface area is 162 Å². The zero-order valence-corrected chi connectivity index (χ0v) is 16.2. The maximum Gasteiger partial charge on any atom is 0.291 e. The van der Waals surface area contributed by atoms with Gasteiger partial charge in [0.1, 0.15) is 0 Å². The van der Waals surface area contributed by atoms with Crippen LogP contribution in [0.1, 0.15) is 49.0 Å². The molecule has 2 aromatic rings. The third kappa shape index (κ3) is 3.15. The minimum absolute atomic E-state index is 0.0682. The number of carbonyl (C=O) groups is 1. The van der Waals surface area contributed by atoms with Crippen molar-refractivity contribution in [3.8, 4) is 5.88 Å². The lowest BCUT2D eigenvalue weighted by Crippen LogP contribution is -2.34. The first-order valence-corrected chi connectivity index (χ1v) is 9.73. The first kappa shape index (κ1) is 18.5. The van der Waals surface area contributed by atoms with Gasteiger partial charge in [0.05, 0.1) is 5.56 Å². The zero-order chi connectivity index (χ0) is 20.0. The number of fused-ring (bicyclic) bond motifs is 1. The Bertz CT molecular complexity index is 1030. The summed E-state index contributed by atoms with van der Waals surface area (Å²) < 4.78 is 2.76. The fourth-order valence-corrected chi connectivity index (χ4v) is 3.63. The summed E-state index contributed by atoms with van der Waals surface area (Å²) in [5.41, 5.74) is 7.33. The van der Waals surface area contributed by atoms with Crippen LogP contribution < -0.4 is 21.9 Å². The van der Waals surface area contributed by atoms with Crippen LogP contribution in [-0.4, -0.2) is 44.3 Å². The van der Waals surface area contributed by atoms with Crippen LogP contribution in [0.2, 0.25) is 0 Å². The van der Waals surface area contributed by atoms with Crippen LogP contribution in [0.5, 0.6) is 5.88 Å². The van der Waals surface area contributed by atoms with Crippen molar-refractivity contribution in [2.24, 2.45) is 5.92 Å². The van der Waals surface area contributed by atoms with Crippen LogP contribution >= 0.6 is 0 Å². The van der Waals surface area contributed by atoms with E-state index in [1.54, 1.807) is 4.57 Å². The Hall–Kier alpha value is -2.81. The van der Waals surface area contributed by atoms with Crippen LogP contribution in [-0.2, 0) is 6.54 Å². The van der Waals surface area contributed by atoms with E-state index in [0.29, 0.717) is 24.3 Å². The van der Waals surface area contributed by atoms with Gasteiger partial charge in [-0.25, -0.2) is 0 Å². The van der Waals surface area contributed by atoms with Crippen molar-refractivity contribution >= 4 is 22.9 Å². The van der Waals surface area contributed by atoms with E-state index in [4.69, 9.17) is 5.73 Å². The summed E-state index contributed by atoms with van der Waals surface area (Å²) in [7, 11) is 0. The van der Waals surface area contributed by atoms with E-state index in [2.05, 4.69) is 15.7 Å². The van der Waals surface area contributed by atoms with Crippen molar-refractivity contribution in [1.29, 1.82) is 0 Å². The van der Waals surface area contributed by atoms with Gasteiger partial charge in [-0.05, 0) is 37.3 Å². The Kier molecular flexibility index (Phi) is 4.62. The predicted octanol–water partition coefficient (Wildman–Crippen LogP) is 0.709. The largest absolute Gasteiger partial charge is 0.494 e. The Morgan fingerprint density at radius 3 is 2.82 bits per heavy atom. The van der Waals surface area contributed by atoms with Crippen molar-refractivity contribution in [3.05, 3.63) is 27.6 Å². The molecule has 1 fully saturated rings. The van der Waals surface area contributed by atoms with Gasteiger partial charge in [0, 0.05) is 19.1 Å².